The van der Waals surface area contributed by atoms with Crippen molar-refractivity contribution in [1.29, 1.82) is 0 Å². The number of hydrogen-bond donors (Lipinski definition) is 3. The summed E-state index contributed by atoms with van der Waals surface area (Å²) in [6.07, 6.45) is 4.22. The van der Waals surface area contributed by atoms with Crippen LogP contribution in [0.2, 0.25) is 5.15 Å². The first-order chi connectivity index (χ1) is 38.1. The molecule has 15 nitrogen and oxygen atoms in total. The summed E-state index contributed by atoms with van der Waals surface area (Å²) in [7, 11) is 0. The van der Waals surface area contributed by atoms with Gasteiger partial charge >= 0.3 is 12.4 Å². The number of halogens is 7. The van der Waals surface area contributed by atoms with Gasteiger partial charge in [0.2, 0.25) is 0 Å². The van der Waals surface area contributed by atoms with Gasteiger partial charge < -0.3 is 43.8 Å². The van der Waals surface area contributed by atoms with Crippen LogP contribution in [0.5, 0.6) is 0 Å². The van der Waals surface area contributed by atoms with Crippen LogP contribution in [0.1, 0.15) is 104 Å². The maximum Gasteiger partial charge on any atom is 0.405 e. The first-order valence-corrected chi connectivity index (χ1v) is 27.5. The number of alkyl halides is 6. The molecule has 6 aromatic heterocycles. The van der Waals surface area contributed by atoms with E-state index in [0.29, 0.717) is 16.2 Å². The number of fused-ring (bicyclic) bond motifs is 6. The molecule has 2 aliphatic heterocycles. The number of aromatic nitrogens is 8. The van der Waals surface area contributed by atoms with Gasteiger partial charge in [0, 0.05) is 35.2 Å². The Morgan fingerprint density at radius 3 is 1.48 bits per heavy atom. The van der Waals surface area contributed by atoms with Gasteiger partial charge in [-0.1, -0.05) is 50.2 Å². The molecule has 434 valence electrons. The van der Waals surface area contributed by atoms with E-state index in [1.165, 1.54) is 6.33 Å². The van der Waals surface area contributed by atoms with Crippen molar-refractivity contribution in [2.45, 2.75) is 154 Å². The van der Waals surface area contributed by atoms with Crippen molar-refractivity contribution in [3.63, 3.8) is 0 Å². The molecule has 8 aromatic rings. The monoisotopic (exact) mass is 1150 g/mol. The lowest BCUT2D eigenvalue weighted by Gasteiger charge is -2.24. The molecule has 0 radical (unpaired) electrons. The van der Waals surface area contributed by atoms with E-state index in [4.69, 9.17) is 35.7 Å². The van der Waals surface area contributed by atoms with Crippen LogP contribution in [-0.2, 0) is 38.2 Å². The summed E-state index contributed by atoms with van der Waals surface area (Å²) in [6, 6.07) is 22.8. The van der Waals surface area contributed by atoms with Crippen LogP contribution in [-0.4, -0.2) is 112 Å². The topological polar surface area (TPSA) is 168 Å². The Hall–Kier alpha value is -6.23. The summed E-state index contributed by atoms with van der Waals surface area (Å²) in [4.78, 5) is 26.4. The number of nitrogens with zero attached hydrogens (tertiary/aromatic N) is 8. The number of ether oxygens (including phenoxy) is 4. The predicted molar refractivity (Wildman–Crippen MR) is 300 cm³/mol. The minimum Gasteiger partial charge on any atom is -0.397 e. The number of aliphatic hydroxyl groups excluding tert-OH is 1. The van der Waals surface area contributed by atoms with Crippen LogP contribution in [0.25, 0.3) is 43.9 Å². The third-order valence-electron chi connectivity index (χ3n) is 15.3. The molecule has 3 N–H and O–H groups in total. The largest absolute Gasteiger partial charge is 0.405 e. The van der Waals surface area contributed by atoms with Crippen molar-refractivity contribution in [3.8, 4) is 0 Å². The van der Waals surface area contributed by atoms with Crippen LogP contribution < -0.4 is 10.6 Å². The zero-order valence-electron chi connectivity index (χ0n) is 45.2. The lowest BCUT2D eigenvalue weighted by atomic mass is 9.95. The summed E-state index contributed by atoms with van der Waals surface area (Å²) < 4.78 is 106. The van der Waals surface area contributed by atoms with Crippen molar-refractivity contribution < 1.29 is 50.4 Å². The summed E-state index contributed by atoms with van der Waals surface area (Å²) in [5.74, 6) is -0.415. The summed E-state index contributed by atoms with van der Waals surface area (Å²) >= 11 is 6.29. The molecule has 0 amide bonds. The summed E-state index contributed by atoms with van der Waals surface area (Å²) in [5.41, 5.74) is 6.24. The van der Waals surface area contributed by atoms with Gasteiger partial charge in [-0.05, 0) is 151 Å². The van der Waals surface area contributed by atoms with Crippen molar-refractivity contribution in [2.24, 2.45) is 11.8 Å². The molecule has 2 aromatic carbocycles. The first-order valence-electron chi connectivity index (χ1n) is 27.1. The molecule has 4 fully saturated rings. The normalized spacial score (nSPS) is 23.6. The van der Waals surface area contributed by atoms with E-state index in [1.807, 2.05) is 70.3 Å². The van der Waals surface area contributed by atoms with Gasteiger partial charge in [0.1, 0.15) is 66.0 Å². The minimum absolute atomic E-state index is 0. The second-order valence-corrected chi connectivity index (χ2v) is 22.2. The maximum absolute atomic E-state index is 12.6. The molecule has 81 heavy (non-hydrogen) atoms. The zero-order valence-corrected chi connectivity index (χ0v) is 46.0. The van der Waals surface area contributed by atoms with Gasteiger partial charge in [-0.3, -0.25) is 0 Å². The molecule has 8 atom stereocenters. The van der Waals surface area contributed by atoms with Crippen LogP contribution in [0, 0.1) is 11.8 Å². The molecular formula is C59H69ClF6N10O5. The summed E-state index contributed by atoms with van der Waals surface area (Å²) in [5, 5.41) is 16.4. The van der Waals surface area contributed by atoms with E-state index < -0.39 is 37.0 Å². The number of nitrogens with one attached hydrogen (secondary N) is 2. The van der Waals surface area contributed by atoms with E-state index >= 15 is 0 Å². The fourth-order valence-electron chi connectivity index (χ4n) is 11.9. The average Bonchev–Trinajstić information content (AvgIpc) is 4.42. The van der Waals surface area contributed by atoms with E-state index in [2.05, 4.69) is 74.9 Å². The molecule has 22 heteroatoms. The Bertz CT molecular complexity index is 3470. The number of rotatable bonds is 13. The molecule has 2 saturated carbocycles. The molecule has 8 heterocycles. The van der Waals surface area contributed by atoms with Crippen LogP contribution in [0.15, 0.2) is 97.8 Å². The average molecular weight is 1150 g/mol. The Kier molecular flexibility index (Phi) is 17.5. The highest BCUT2D eigenvalue weighted by molar-refractivity contribution is 6.33. The number of anilines is 2. The van der Waals surface area contributed by atoms with Gasteiger partial charge in [-0.25, -0.2) is 29.9 Å². The van der Waals surface area contributed by atoms with E-state index in [1.54, 1.807) is 37.5 Å². The number of pyridine rings is 2. The second kappa shape index (κ2) is 23.9. The van der Waals surface area contributed by atoms with Gasteiger partial charge in [0.15, 0.2) is 11.6 Å². The molecule has 2 aliphatic carbocycles. The summed E-state index contributed by atoms with van der Waals surface area (Å²) in [6.45, 7) is 9.59. The first kappa shape index (κ1) is 59.4. The van der Waals surface area contributed by atoms with Gasteiger partial charge in [-0.15, -0.1) is 0 Å². The Morgan fingerprint density at radius 2 is 1.02 bits per heavy atom. The number of aryl methyl sites for hydroxylation is 3. The highest BCUT2D eigenvalue weighted by Crippen LogP contribution is 2.51. The Morgan fingerprint density at radius 1 is 0.605 bits per heavy atom. The smallest absolute Gasteiger partial charge is 0.397 e. The lowest BCUT2D eigenvalue weighted by Crippen LogP contribution is -2.27. The second-order valence-electron chi connectivity index (χ2n) is 21.8. The highest BCUT2D eigenvalue weighted by Gasteiger charge is 2.56. The van der Waals surface area contributed by atoms with Gasteiger partial charge in [-0.2, -0.15) is 26.3 Å². The minimum atomic E-state index is -4.30. The fraction of sp³-hybridized carbons (Fsp3) is 0.492. The highest BCUT2D eigenvalue weighted by atomic mass is 35.5. The van der Waals surface area contributed by atoms with E-state index in [-0.39, 0.29) is 74.0 Å². The number of hydrogen-bond acceptors (Lipinski definition) is 13. The predicted octanol–water partition coefficient (Wildman–Crippen LogP) is 13.2. The van der Waals surface area contributed by atoms with Crippen molar-refractivity contribution in [1.82, 2.24) is 39.0 Å². The third-order valence-corrected chi connectivity index (χ3v) is 15.6. The Labute approximate surface area is 471 Å². The van der Waals surface area contributed by atoms with Crippen molar-refractivity contribution >= 4 is 67.1 Å². The molecule has 0 unspecified atom stereocenters. The quantitative estimate of drug-likeness (QED) is 0.0737. The van der Waals surface area contributed by atoms with E-state index in [0.717, 1.165) is 94.6 Å². The van der Waals surface area contributed by atoms with Gasteiger partial charge in [0.05, 0.1) is 46.4 Å². The standard InChI is InChI=1S/C29H32F3N5O2.C27H27ClF3N5O2.C2H6O.CH4/c1-4-21-20-11-12-37(27(20)35-16-34-21)23-14-19(25-26(23)39-28(2,3)38-25)8-6-17-5-7-18-9-10-24(36-22(18)13-17)33-15-29(30,31)32;1-26(2)37-22-17(12-20(23(22)38-26)36-10-9-18-24(28)33-14-34-25(18)36)6-4-15-3-5-16-7-8-21(35-19(16)11-15)32-13-27(29,30)31;1-2-3;/h5,7,9-13,16,19,23,25-26H,4,6,8,14-15H2,1-3H3,(H,33,36);3,5,7-11,14,17,20,22-23H,4,6,12-13H2,1-2H3,(H,32,35);3H,2H2,1H3;1H4/t19-,23+,25+,26-;17-,20+,22+,23-;;/m00../s1. The molecule has 0 spiro atoms. The molecular weight excluding hydrogens is 1080 g/mol. The van der Waals surface area contributed by atoms with Crippen LogP contribution >= 0.6 is 11.6 Å². The zero-order chi connectivity index (χ0) is 56.7. The molecule has 0 bridgehead atoms. The van der Waals surface area contributed by atoms with Crippen LogP contribution in [0.4, 0.5) is 38.0 Å². The number of aliphatic hydroxyl groups is 1. The maximum atomic E-state index is 12.6. The third kappa shape index (κ3) is 13.5. The van der Waals surface area contributed by atoms with E-state index in [9.17, 15) is 26.3 Å². The Balaban J connectivity index is 0.000000185. The molecule has 2 saturated heterocycles. The molecule has 4 aliphatic rings. The molecule has 12 rings (SSSR count). The van der Waals surface area contributed by atoms with Crippen molar-refractivity contribution in [2.75, 3.05) is 30.3 Å². The fourth-order valence-corrected chi connectivity index (χ4v) is 12.1. The number of benzene rings is 2. The van der Waals surface area contributed by atoms with Gasteiger partial charge in [0.25, 0.3) is 0 Å². The van der Waals surface area contributed by atoms with Crippen LogP contribution in [0.3, 0.4) is 0 Å². The van der Waals surface area contributed by atoms with Crippen molar-refractivity contribution in [3.05, 3.63) is 120 Å². The SMILES string of the molecule is C.CC1(C)O[C@@H]2[C@@H](CCc3ccc4ccc(NCC(F)(F)F)nc4c3)C[C@@H](n3ccc4c(Cl)ncnc43)[C@@H]2O1.CCO.CCc1ncnc2c1ccn2[C@@H]1C[C@H](CCc2ccc3ccc(NCC(F)(F)F)nc3c2)[C@H]2OC(C)(C)O[C@H]21. The lowest BCUT2D eigenvalue weighted by molar-refractivity contribution is -0.160.